The number of likely N-dealkylation sites (tertiary alicyclic amines) is 1. The Morgan fingerprint density at radius 2 is 2.14 bits per heavy atom. The number of halogens is 2. The van der Waals surface area contributed by atoms with E-state index in [1.54, 1.807) is 18.2 Å². The van der Waals surface area contributed by atoms with E-state index in [-0.39, 0.29) is 11.9 Å². The van der Waals surface area contributed by atoms with Crippen molar-refractivity contribution in [2.24, 2.45) is 5.73 Å². The molecule has 0 aliphatic carbocycles. The molecule has 21 heavy (non-hydrogen) atoms. The van der Waals surface area contributed by atoms with Gasteiger partial charge in [-0.1, -0.05) is 29.6 Å². The third kappa shape index (κ3) is 4.42. The zero-order valence-corrected chi connectivity index (χ0v) is 13.9. The van der Waals surface area contributed by atoms with Crippen LogP contribution in [0.1, 0.15) is 19.3 Å². The van der Waals surface area contributed by atoms with Crippen LogP contribution in [0.5, 0.6) is 0 Å². The lowest BCUT2D eigenvalue weighted by Crippen LogP contribution is -2.48. The maximum Gasteiger partial charge on any atom is 0.234 e. The van der Waals surface area contributed by atoms with Crippen molar-refractivity contribution < 1.29 is 9.00 Å². The van der Waals surface area contributed by atoms with E-state index in [2.05, 4.69) is 0 Å². The number of nitrogens with zero attached hydrogens (tertiary/aromatic N) is 1. The van der Waals surface area contributed by atoms with E-state index in [9.17, 15) is 9.00 Å². The molecule has 1 aromatic rings. The number of amides is 1. The van der Waals surface area contributed by atoms with E-state index < -0.39 is 10.8 Å². The van der Waals surface area contributed by atoms with Crippen molar-refractivity contribution in [1.29, 1.82) is 0 Å². The van der Waals surface area contributed by atoms with Gasteiger partial charge in [0.2, 0.25) is 5.91 Å². The molecule has 1 aromatic carbocycles. The first-order chi connectivity index (χ1) is 9.99. The summed E-state index contributed by atoms with van der Waals surface area (Å²) in [6, 6.07) is 4.69. The molecule has 2 atom stereocenters. The summed E-state index contributed by atoms with van der Waals surface area (Å²) in [5.74, 6) is 0.102. The number of piperidine rings is 1. The van der Waals surface area contributed by atoms with E-state index in [0.717, 1.165) is 25.8 Å². The number of benzene rings is 1. The summed E-state index contributed by atoms with van der Waals surface area (Å²) in [7, 11) is -1.25. The first-order valence-electron chi connectivity index (χ1n) is 6.86. The summed E-state index contributed by atoms with van der Waals surface area (Å²) >= 11 is 12.0. The monoisotopic (exact) mass is 348 g/mol. The van der Waals surface area contributed by atoms with Crippen molar-refractivity contribution in [2.45, 2.75) is 30.2 Å². The van der Waals surface area contributed by atoms with Crippen LogP contribution >= 0.6 is 23.2 Å². The van der Waals surface area contributed by atoms with Gasteiger partial charge in [0.25, 0.3) is 0 Å². The van der Waals surface area contributed by atoms with Crippen molar-refractivity contribution in [3.63, 3.8) is 0 Å². The van der Waals surface area contributed by atoms with Crippen LogP contribution in [0.4, 0.5) is 0 Å². The van der Waals surface area contributed by atoms with Gasteiger partial charge in [0.1, 0.15) is 0 Å². The van der Waals surface area contributed by atoms with Gasteiger partial charge in [0.05, 0.1) is 26.8 Å². The minimum Gasteiger partial charge on any atom is -0.368 e. The lowest BCUT2D eigenvalue weighted by Gasteiger charge is -2.33. The van der Waals surface area contributed by atoms with Crippen molar-refractivity contribution in [3.8, 4) is 0 Å². The highest BCUT2D eigenvalue weighted by Gasteiger charge is 2.27. The van der Waals surface area contributed by atoms with Gasteiger partial charge in [0.15, 0.2) is 0 Å². The number of hydrogen-bond donors (Lipinski definition) is 1. The van der Waals surface area contributed by atoms with Gasteiger partial charge < -0.3 is 5.73 Å². The van der Waals surface area contributed by atoms with Crippen molar-refractivity contribution in [3.05, 3.63) is 28.2 Å². The molecule has 1 heterocycles. The number of carbonyl (C=O) groups excluding carboxylic acids is 1. The van der Waals surface area contributed by atoms with Crippen LogP contribution in [-0.2, 0) is 15.6 Å². The zero-order valence-electron chi connectivity index (χ0n) is 11.6. The molecule has 1 aliphatic rings. The maximum atomic E-state index is 12.4. The second-order valence-electron chi connectivity index (χ2n) is 5.07. The topological polar surface area (TPSA) is 63.4 Å². The lowest BCUT2D eigenvalue weighted by atomic mass is 10.0. The fraction of sp³-hybridized carbons (Fsp3) is 0.500. The fourth-order valence-electron chi connectivity index (χ4n) is 2.54. The number of rotatable bonds is 5. The minimum atomic E-state index is -1.25. The molecule has 0 bridgehead atoms. The second kappa shape index (κ2) is 7.58. The molecule has 1 fully saturated rings. The SMILES string of the molecule is NC(=O)[C@H]1CCCCN1CC[S@@](=O)c1cc(Cl)ccc1Cl. The Bertz CT molecular complexity index is 554. The first kappa shape index (κ1) is 16.7. The highest BCUT2D eigenvalue weighted by Crippen LogP contribution is 2.24. The van der Waals surface area contributed by atoms with E-state index >= 15 is 0 Å². The van der Waals surface area contributed by atoms with Gasteiger partial charge in [-0.15, -0.1) is 0 Å². The molecule has 2 rings (SSSR count). The van der Waals surface area contributed by atoms with Crippen LogP contribution in [0.15, 0.2) is 23.1 Å². The molecule has 0 radical (unpaired) electrons. The average Bonchev–Trinajstić information content (AvgIpc) is 2.47. The van der Waals surface area contributed by atoms with Crippen LogP contribution in [0.3, 0.4) is 0 Å². The number of nitrogens with two attached hydrogens (primary N) is 1. The Balaban J connectivity index is 1.99. The normalized spacial score (nSPS) is 21.1. The van der Waals surface area contributed by atoms with E-state index in [0.29, 0.717) is 27.2 Å². The molecule has 1 saturated heterocycles. The molecule has 0 unspecified atom stereocenters. The molecule has 0 saturated carbocycles. The summed E-state index contributed by atoms with van der Waals surface area (Å²) in [5, 5.41) is 0.957. The molecule has 7 heteroatoms. The molecule has 2 N–H and O–H groups in total. The Morgan fingerprint density at radius 1 is 1.38 bits per heavy atom. The summed E-state index contributed by atoms with van der Waals surface area (Å²) < 4.78 is 12.4. The van der Waals surface area contributed by atoms with Gasteiger partial charge in [0, 0.05) is 17.3 Å². The number of primary amides is 1. The molecule has 0 aromatic heterocycles. The molecular formula is C14H18Cl2N2O2S. The second-order valence-corrected chi connectivity index (χ2v) is 7.46. The highest BCUT2D eigenvalue weighted by molar-refractivity contribution is 7.85. The van der Waals surface area contributed by atoms with Crippen LogP contribution in [-0.4, -0.2) is 39.9 Å². The number of hydrogen-bond acceptors (Lipinski definition) is 3. The molecule has 1 aliphatic heterocycles. The van der Waals surface area contributed by atoms with Crippen molar-refractivity contribution in [1.82, 2.24) is 4.90 Å². The first-order valence-corrected chi connectivity index (χ1v) is 8.93. The predicted molar refractivity (Wildman–Crippen MR) is 86.1 cm³/mol. The summed E-state index contributed by atoms with van der Waals surface area (Å²) in [5.41, 5.74) is 5.42. The molecule has 0 spiro atoms. The van der Waals surface area contributed by atoms with Gasteiger partial charge in [-0.05, 0) is 37.6 Å². The average molecular weight is 349 g/mol. The van der Waals surface area contributed by atoms with Crippen LogP contribution in [0.25, 0.3) is 0 Å². The Labute approximate surface area is 137 Å². The summed E-state index contributed by atoms with van der Waals surface area (Å²) in [4.78, 5) is 14.0. The third-order valence-electron chi connectivity index (χ3n) is 3.64. The Kier molecular flexibility index (Phi) is 6.05. The van der Waals surface area contributed by atoms with Crippen molar-refractivity contribution in [2.75, 3.05) is 18.8 Å². The lowest BCUT2D eigenvalue weighted by molar-refractivity contribution is -0.124. The third-order valence-corrected chi connectivity index (χ3v) is 5.70. The quantitative estimate of drug-likeness (QED) is 0.888. The highest BCUT2D eigenvalue weighted by atomic mass is 35.5. The Hall–Kier alpha value is -0.620. The Morgan fingerprint density at radius 3 is 2.86 bits per heavy atom. The minimum absolute atomic E-state index is 0.245. The molecule has 116 valence electrons. The zero-order chi connectivity index (χ0) is 15.4. The van der Waals surface area contributed by atoms with Crippen LogP contribution < -0.4 is 5.73 Å². The van der Waals surface area contributed by atoms with E-state index in [4.69, 9.17) is 28.9 Å². The molecule has 1 amide bonds. The number of carbonyl (C=O) groups is 1. The van der Waals surface area contributed by atoms with Crippen molar-refractivity contribution >= 4 is 39.9 Å². The molecule has 4 nitrogen and oxygen atoms in total. The van der Waals surface area contributed by atoms with Gasteiger partial charge in [-0.2, -0.15) is 0 Å². The summed E-state index contributed by atoms with van der Waals surface area (Å²) in [6.07, 6.45) is 2.82. The molecular weight excluding hydrogens is 331 g/mol. The van der Waals surface area contributed by atoms with Crippen LogP contribution in [0.2, 0.25) is 10.0 Å². The maximum absolute atomic E-state index is 12.4. The van der Waals surface area contributed by atoms with E-state index in [1.165, 1.54) is 0 Å². The van der Waals surface area contributed by atoms with Gasteiger partial charge in [-0.25, -0.2) is 0 Å². The predicted octanol–water partition coefficient (Wildman–Crippen LogP) is 2.44. The van der Waals surface area contributed by atoms with Gasteiger partial charge >= 0.3 is 0 Å². The largest absolute Gasteiger partial charge is 0.368 e. The standard InChI is InChI=1S/C14H18Cl2N2O2S/c15-10-4-5-11(16)13(9-10)21(20)8-7-18-6-2-1-3-12(18)14(17)19/h4-5,9,12H,1-3,6-8H2,(H2,17,19)/t12-,21-/m1/s1. The van der Waals surface area contributed by atoms with E-state index in [1.807, 2.05) is 4.90 Å². The smallest absolute Gasteiger partial charge is 0.234 e. The fourth-order valence-corrected chi connectivity index (χ4v) is 4.32. The van der Waals surface area contributed by atoms with Gasteiger partial charge in [-0.3, -0.25) is 13.9 Å². The van der Waals surface area contributed by atoms with Crippen LogP contribution in [0, 0.1) is 0 Å². The summed E-state index contributed by atoms with van der Waals surface area (Å²) in [6.45, 7) is 1.37.